The number of aryl methyl sites for hydroxylation is 1. The van der Waals surface area contributed by atoms with Crippen molar-refractivity contribution in [3.63, 3.8) is 0 Å². The number of carbonyl (C=O) groups is 3. The number of rotatable bonds is 9. The number of nitrogens with zero attached hydrogens (tertiary/aromatic N) is 1. The van der Waals surface area contributed by atoms with Crippen molar-refractivity contribution in [2.45, 2.75) is 20.1 Å². The van der Waals surface area contributed by atoms with E-state index >= 15 is 0 Å². The summed E-state index contributed by atoms with van der Waals surface area (Å²) < 4.78 is 17.9. The minimum Gasteiger partial charge on any atom is -0.493 e. The first-order valence-electron chi connectivity index (χ1n) is 13.2. The van der Waals surface area contributed by atoms with Gasteiger partial charge in [0.1, 0.15) is 24.5 Å². The molecule has 0 aromatic heterocycles. The Labute approximate surface area is 261 Å². The Morgan fingerprint density at radius 1 is 0.860 bits per heavy atom. The molecule has 10 heteroatoms. The lowest BCUT2D eigenvalue weighted by Gasteiger charge is -2.26. The molecule has 0 bridgehead atoms. The van der Waals surface area contributed by atoms with Gasteiger partial charge in [0.25, 0.3) is 11.8 Å². The fraction of sp³-hybridized carbons (Fsp3) is 0.121. The number of nitrogens with one attached hydrogen (secondary N) is 1. The fourth-order valence-corrected chi connectivity index (χ4v) is 5.00. The molecule has 0 radical (unpaired) electrons. The summed E-state index contributed by atoms with van der Waals surface area (Å²) in [5.41, 5.74) is 3.63. The summed E-state index contributed by atoms with van der Waals surface area (Å²) in [5, 5.41) is 2.87. The molecule has 1 heterocycles. The number of hydrogen-bond donors (Lipinski definition) is 1. The Bertz CT molecular complexity index is 1700. The highest BCUT2D eigenvalue weighted by Gasteiger charge is 2.37. The van der Waals surface area contributed by atoms with Gasteiger partial charge in [-0.15, -0.1) is 0 Å². The molecule has 4 amide bonds. The number of methoxy groups -OCH3 is 1. The number of anilines is 1. The number of imide groups is 2. The standard InChI is InChI=1S/C33H26BrClN2O6/c1-20-3-5-21(6-4-20)18-42-26-13-11-25(12-14-26)37-32(39)27(31(38)36-33(37)40)15-23-16-28(34)30(29(17-23)41-2)43-19-22-7-9-24(35)10-8-22/h3-17H,18-19H2,1-2H3,(H,36,38,40)/b27-15+. The Hall–Kier alpha value is -4.60. The number of amides is 4. The average molecular weight is 662 g/mol. The van der Waals surface area contributed by atoms with Crippen molar-refractivity contribution in [1.29, 1.82) is 0 Å². The molecule has 4 aromatic rings. The lowest BCUT2D eigenvalue weighted by molar-refractivity contribution is -0.122. The molecular formula is C33H26BrClN2O6. The number of halogens is 2. The summed E-state index contributed by atoms with van der Waals surface area (Å²) in [7, 11) is 1.49. The number of carbonyl (C=O) groups excluding carboxylic acids is 3. The summed E-state index contributed by atoms with van der Waals surface area (Å²) >= 11 is 9.46. The first-order chi connectivity index (χ1) is 20.7. The van der Waals surface area contributed by atoms with Crippen LogP contribution in [-0.4, -0.2) is 25.0 Å². The number of urea groups is 1. The van der Waals surface area contributed by atoms with Gasteiger partial charge in [0.15, 0.2) is 11.5 Å². The molecule has 0 saturated carbocycles. The van der Waals surface area contributed by atoms with E-state index in [0.29, 0.717) is 38.9 Å². The molecule has 4 aromatic carbocycles. The van der Waals surface area contributed by atoms with Crippen molar-refractivity contribution in [2.24, 2.45) is 0 Å². The highest BCUT2D eigenvalue weighted by Crippen LogP contribution is 2.38. The van der Waals surface area contributed by atoms with Crippen LogP contribution >= 0.6 is 27.5 Å². The van der Waals surface area contributed by atoms with Crippen LogP contribution in [0.4, 0.5) is 10.5 Å². The van der Waals surface area contributed by atoms with Gasteiger partial charge in [0.2, 0.25) is 0 Å². The first kappa shape index (κ1) is 29.9. The summed E-state index contributed by atoms with van der Waals surface area (Å²) in [4.78, 5) is 39.8. The minimum absolute atomic E-state index is 0.219. The molecule has 5 rings (SSSR count). The van der Waals surface area contributed by atoms with Crippen molar-refractivity contribution >= 4 is 57.1 Å². The zero-order valence-electron chi connectivity index (χ0n) is 23.2. The second-order valence-electron chi connectivity index (χ2n) is 9.68. The molecule has 43 heavy (non-hydrogen) atoms. The van der Waals surface area contributed by atoms with Crippen molar-refractivity contribution in [3.8, 4) is 17.2 Å². The number of ether oxygens (including phenoxy) is 3. The molecule has 0 spiro atoms. The van der Waals surface area contributed by atoms with E-state index in [2.05, 4.69) is 21.2 Å². The molecule has 1 aliphatic heterocycles. The van der Waals surface area contributed by atoms with E-state index in [4.69, 9.17) is 25.8 Å². The first-order valence-corrected chi connectivity index (χ1v) is 14.3. The second-order valence-corrected chi connectivity index (χ2v) is 11.0. The Morgan fingerprint density at radius 3 is 2.14 bits per heavy atom. The van der Waals surface area contributed by atoms with Gasteiger partial charge >= 0.3 is 6.03 Å². The van der Waals surface area contributed by atoms with Gasteiger partial charge in [0.05, 0.1) is 17.3 Å². The van der Waals surface area contributed by atoms with Crippen LogP contribution in [0, 0.1) is 6.92 Å². The van der Waals surface area contributed by atoms with Gasteiger partial charge in [-0.1, -0.05) is 53.6 Å². The maximum Gasteiger partial charge on any atom is 0.335 e. The molecule has 1 aliphatic rings. The van der Waals surface area contributed by atoms with E-state index in [0.717, 1.165) is 21.6 Å². The van der Waals surface area contributed by atoms with Crippen LogP contribution in [0.25, 0.3) is 6.08 Å². The van der Waals surface area contributed by atoms with Crippen LogP contribution in [0.2, 0.25) is 5.02 Å². The lowest BCUT2D eigenvalue weighted by atomic mass is 10.1. The molecule has 0 atom stereocenters. The maximum absolute atomic E-state index is 13.4. The SMILES string of the molecule is COc1cc(/C=C2\C(=O)NC(=O)N(c3ccc(OCc4ccc(C)cc4)cc3)C2=O)cc(Br)c1OCc1ccc(Cl)cc1. The fourth-order valence-electron chi connectivity index (χ4n) is 4.30. The van der Waals surface area contributed by atoms with Gasteiger partial charge < -0.3 is 14.2 Å². The van der Waals surface area contributed by atoms with Crippen LogP contribution in [-0.2, 0) is 22.8 Å². The molecule has 1 N–H and O–H groups in total. The summed E-state index contributed by atoms with van der Waals surface area (Å²) in [6.45, 7) is 2.65. The van der Waals surface area contributed by atoms with Crippen molar-refractivity contribution < 1.29 is 28.6 Å². The quantitative estimate of drug-likeness (QED) is 0.150. The molecule has 8 nitrogen and oxygen atoms in total. The summed E-state index contributed by atoms with van der Waals surface area (Å²) in [5.74, 6) is -0.174. The van der Waals surface area contributed by atoms with Gasteiger partial charge in [-0.2, -0.15) is 0 Å². The number of benzene rings is 4. The Kier molecular flexibility index (Phi) is 9.13. The molecule has 218 valence electrons. The summed E-state index contributed by atoms with van der Waals surface area (Å²) in [6, 6.07) is 24.2. The molecule has 0 unspecified atom stereocenters. The van der Waals surface area contributed by atoms with E-state index in [9.17, 15) is 14.4 Å². The predicted octanol–water partition coefficient (Wildman–Crippen LogP) is 7.24. The van der Waals surface area contributed by atoms with Crippen LogP contribution in [0.3, 0.4) is 0 Å². The minimum atomic E-state index is -0.842. The van der Waals surface area contributed by atoms with Gasteiger partial charge in [0, 0.05) is 5.02 Å². The second kappa shape index (κ2) is 13.1. The van der Waals surface area contributed by atoms with Crippen molar-refractivity contribution in [3.05, 3.63) is 122 Å². The van der Waals surface area contributed by atoms with Crippen molar-refractivity contribution in [1.82, 2.24) is 5.32 Å². The zero-order valence-corrected chi connectivity index (χ0v) is 25.6. The topological polar surface area (TPSA) is 94.2 Å². The maximum atomic E-state index is 13.4. The highest BCUT2D eigenvalue weighted by atomic mass is 79.9. The van der Waals surface area contributed by atoms with Gasteiger partial charge in [-0.05, 0) is 94.2 Å². The molecule has 0 aliphatic carbocycles. The van der Waals surface area contributed by atoms with Gasteiger partial charge in [-0.25, -0.2) is 9.69 Å². The largest absolute Gasteiger partial charge is 0.493 e. The highest BCUT2D eigenvalue weighted by molar-refractivity contribution is 9.10. The van der Waals surface area contributed by atoms with Gasteiger partial charge in [-0.3, -0.25) is 14.9 Å². The average Bonchev–Trinajstić information content (AvgIpc) is 2.99. The van der Waals surface area contributed by atoms with Crippen LogP contribution in [0.15, 0.2) is 95.0 Å². The third kappa shape index (κ3) is 7.07. The van der Waals surface area contributed by atoms with Crippen LogP contribution in [0.1, 0.15) is 22.3 Å². The Balaban J connectivity index is 1.33. The predicted molar refractivity (Wildman–Crippen MR) is 167 cm³/mol. The third-order valence-corrected chi connectivity index (χ3v) is 7.42. The lowest BCUT2D eigenvalue weighted by Crippen LogP contribution is -2.54. The van der Waals surface area contributed by atoms with Crippen LogP contribution < -0.4 is 24.4 Å². The Morgan fingerprint density at radius 2 is 1.49 bits per heavy atom. The zero-order chi connectivity index (χ0) is 30.5. The number of hydrogen-bond acceptors (Lipinski definition) is 6. The third-order valence-electron chi connectivity index (χ3n) is 6.58. The van der Waals surface area contributed by atoms with E-state index in [1.807, 2.05) is 43.3 Å². The van der Waals surface area contributed by atoms with E-state index in [1.54, 1.807) is 48.5 Å². The summed E-state index contributed by atoms with van der Waals surface area (Å²) in [6.07, 6.45) is 1.40. The number of barbiturate groups is 1. The molecule has 1 saturated heterocycles. The smallest absolute Gasteiger partial charge is 0.335 e. The monoisotopic (exact) mass is 660 g/mol. The molecular weight excluding hydrogens is 636 g/mol. The normalized spacial score (nSPS) is 14.1. The van der Waals surface area contributed by atoms with E-state index < -0.39 is 17.8 Å². The molecule has 1 fully saturated rings. The van der Waals surface area contributed by atoms with E-state index in [1.165, 1.54) is 13.2 Å². The van der Waals surface area contributed by atoms with E-state index in [-0.39, 0.29) is 17.9 Å². The van der Waals surface area contributed by atoms with Crippen LogP contribution in [0.5, 0.6) is 17.2 Å². The van der Waals surface area contributed by atoms with Crippen molar-refractivity contribution in [2.75, 3.05) is 12.0 Å².